The van der Waals surface area contributed by atoms with Crippen molar-refractivity contribution in [1.82, 2.24) is 17.8 Å². The van der Waals surface area contributed by atoms with Crippen molar-refractivity contribution < 1.29 is 21.5 Å². The molecule has 124 valence electrons. The van der Waals surface area contributed by atoms with Gasteiger partial charge in [0.25, 0.3) is 0 Å². The average molecular weight is 407 g/mol. The number of likely N-dealkylation sites (N-methyl/N-ethyl adjacent to an activating group) is 1. The first-order valence-corrected chi connectivity index (χ1v) is 11.1. The summed E-state index contributed by atoms with van der Waals surface area (Å²) in [5, 5.41) is 0. The van der Waals surface area contributed by atoms with Gasteiger partial charge in [-0.15, -0.1) is 0 Å². The van der Waals surface area contributed by atoms with E-state index in [2.05, 4.69) is 31.9 Å². The van der Waals surface area contributed by atoms with Crippen LogP contribution in [0.1, 0.15) is 25.7 Å². The van der Waals surface area contributed by atoms with Crippen molar-refractivity contribution in [2.45, 2.75) is 25.7 Å². The van der Waals surface area contributed by atoms with Crippen LogP contribution in [0.3, 0.4) is 0 Å². The Hall–Kier alpha value is 0.570. The van der Waals surface area contributed by atoms with Gasteiger partial charge in [0.05, 0.1) is 0 Å². The standard InChI is InChI=1S/C16H32IN4/c1-18-7-3-16(4-8-18)5-9-21(10-6-16)17-15-20-13-11-19(2)12-14-20/h3-15H2,1-2H3/q-1. The molecule has 0 unspecified atom stereocenters. The summed E-state index contributed by atoms with van der Waals surface area (Å²) < 4.78 is 4.23. The van der Waals surface area contributed by atoms with Gasteiger partial charge in [-0.05, 0) is 0 Å². The fourth-order valence-corrected chi connectivity index (χ4v) is 6.49. The summed E-state index contributed by atoms with van der Waals surface area (Å²) in [6.07, 6.45) is 5.86. The third-order valence-corrected chi connectivity index (χ3v) is 9.00. The Morgan fingerprint density at radius 2 is 1.24 bits per heavy atom. The van der Waals surface area contributed by atoms with Crippen LogP contribution in [0.15, 0.2) is 0 Å². The van der Waals surface area contributed by atoms with Crippen LogP contribution in [0, 0.1) is 5.41 Å². The van der Waals surface area contributed by atoms with Crippen LogP contribution in [-0.2, 0) is 0 Å². The van der Waals surface area contributed by atoms with E-state index >= 15 is 0 Å². The number of likely N-dealkylation sites (tertiary alicyclic amines) is 1. The van der Waals surface area contributed by atoms with Crippen LogP contribution in [0.25, 0.3) is 0 Å². The third kappa shape index (κ3) is 4.53. The molecular formula is C16H32IN4-. The first-order chi connectivity index (χ1) is 10.2. The minimum absolute atomic E-state index is 0.246. The fourth-order valence-electron chi connectivity index (χ4n) is 3.78. The molecule has 0 N–H and O–H groups in total. The van der Waals surface area contributed by atoms with Crippen LogP contribution in [0.4, 0.5) is 0 Å². The van der Waals surface area contributed by atoms with E-state index in [0.717, 1.165) is 5.41 Å². The summed E-state index contributed by atoms with van der Waals surface area (Å²) in [4.78, 5) is 7.67. The van der Waals surface area contributed by atoms with Crippen molar-refractivity contribution in [2.75, 3.05) is 71.0 Å². The molecule has 0 bridgehead atoms. The van der Waals surface area contributed by atoms with E-state index in [9.17, 15) is 0 Å². The Balaban J connectivity index is 1.36. The van der Waals surface area contributed by atoms with Crippen molar-refractivity contribution in [2.24, 2.45) is 5.41 Å². The molecule has 0 aromatic heterocycles. The van der Waals surface area contributed by atoms with E-state index < -0.39 is 0 Å². The van der Waals surface area contributed by atoms with Crippen molar-refractivity contribution >= 4 is 0 Å². The topological polar surface area (TPSA) is 13.0 Å². The third-order valence-electron chi connectivity index (χ3n) is 5.80. The maximum atomic E-state index is 2.83. The minimum atomic E-state index is 0.246. The monoisotopic (exact) mass is 407 g/mol. The predicted molar refractivity (Wildman–Crippen MR) is 83.9 cm³/mol. The maximum absolute atomic E-state index is 2.83. The molecule has 0 aromatic carbocycles. The summed E-state index contributed by atoms with van der Waals surface area (Å²) in [6, 6.07) is 0. The first-order valence-electron chi connectivity index (χ1n) is 8.59. The van der Waals surface area contributed by atoms with Gasteiger partial charge < -0.3 is 0 Å². The Morgan fingerprint density at radius 3 is 1.86 bits per heavy atom. The van der Waals surface area contributed by atoms with E-state index in [1.165, 1.54) is 82.6 Å². The molecule has 3 saturated heterocycles. The number of alkyl halides is 1. The number of piperazine rings is 1. The zero-order valence-electron chi connectivity index (χ0n) is 13.9. The summed E-state index contributed by atoms with van der Waals surface area (Å²) in [5.74, 6) is 0. The molecule has 0 atom stereocenters. The van der Waals surface area contributed by atoms with Crippen molar-refractivity contribution in [1.29, 1.82) is 0 Å². The number of nitrogens with zero attached hydrogens (tertiary/aromatic N) is 4. The molecule has 0 amide bonds. The van der Waals surface area contributed by atoms with Gasteiger partial charge in [0.1, 0.15) is 0 Å². The van der Waals surface area contributed by atoms with Crippen molar-refractivity contribution in [3.63, 3.8) is 0 Å². The van der Waals surface area contributed by atoms with E-state index in [-0.39, 0.29) is 21.5 Å². The number of halogens is 1. The van der Waals surface area contributed by atoms with Gasteiger partial charge in [0.15, 0.2) is 0 Å². The van der Waals surface area contributed by atoms with Gasteiger partial charge in [-0.2, -0.15) is 0 Å². The first kappa shape index (κ1) is 16.4. The van der Waals surface area contributed by atoms with Gasteiger partial charge in [-0.25, -0.2) is 0 Å². The molecule has 21 heavy (non-hydrogen) atoms. The van der Waals surface area contributed by atoms with Crippen LogP contribution >= 0.6 is 0 Å². The van der Waals surface area contributed by atoms with Crippen LogP contribution in [0.5, 0.6) is 0 Å². The second kappa shape index (κ2) is 7.43. The average Bonchev–Trinajstić information content (AvgIpc) is 2.52. The molecule has 4 nitrogen and oxygen atoms in total. The Morgan fingerprint density at radius 1 is 0.714 bits per heavy atom. The molecule has 3 rings (SSSR count). The molecule has 3 aliphatic rings. The van der Waals surface area contributed by atoms with Gasteiger partial charge in [-0.1, -0.05) is 0 Å². The van der Waals surface area contributed by atoms with Crippen LogP contribution in [0.2, 0.25) is 0 Å². The van der Waals surface area contributed by atoms with Gasteiger partial charge in [0, 0.05) is 0 Å². The normalized spacial score (nSPS) is 30.2. The molecule has 1 spiro atoms. The number of rotatable bonds is 3. The fraction of sp³-hybridized carbons (Fsp3) is 1.00. The van der Waals surface area contributed by atoms with E-state index in [1.807, 2.05) is 0 Å². The molecule has 0 aliphatic carbocycles. The summed E-state index contributed by atoms with van der Waals surface area (Å²) in [6.45, 7) is 10.6. The van der Waals surface area contributed by atoms with Crippen molar-refractivity contribution in [3.8, 4) is 0 Å². The van der Waals surface area contributed by atoms with Crippen LogP contribution < -0.4 is 21.5 Å². The number of piperidine rings is 2. The second-order valence-corrected chi connectivity index (χ2v) is 10.1. The molecule has 0 aromatic rings. The molecular weight excluding hydrogens is 375 g/mol. The number of hydrogen-bond acceptors (Lipinski definition) is 4. The van der Waals surface area contributed by atoms with Gasteiger partial charge in [-0.3, -0.25) is 0 Å². The Labute approximate surface area is 141 Å². The molecule has 3 heterocycles. The van der Waals surface area contributed by atoms with Crippen molar-refractivity contribution in [3.05, 3.63) is 0 Å². The van der Waals surface area contributed by atoms with E-state index in [1.54, 1.807) is 0 Å². The summed E-state index contributed by atoms with van der Waals surface area (Å²) in [7, 11) is 4.53. The molecule has 3 fully saturated rings. The molecule has 5 heteroatoms. The molecule has 0 radical (unpaired) electrons. The zero-order valence-corrected chi connectivity index (χ0v) is 16.0. The van der Waals surface area contributed by atoms with E-state index in [4.69, 9.17) is 0 Å². The van der Waals surface area contributed by atoms with E-state index in [0.29, 0.717) is 0 Å². The Bertz CT molecular complexity index is 309. The van der Waals surface area contributed by atoms with Gasteiger partial charge >= 0.3 is 141 Å². The Kier molecular flexibility index (Phi) is 5.81. The molecule has 0 saturated carbocycles. The van der Waals surface area contributed by atoms with Crippen LogP contribution in [-0.4, -0.2) is 88.8 Å². The second-order valence-electron chi connectivity index (χ2n) is 7.37. The SMILES string of the molecule is CN1CCN(C[I-]N2CCC3(CCN(C)CC3)CC2)CC1. The predicted octanol–water partition coefficient (Wildman–Crippen LogP) is -2.00. The summed E-state index contributed by atoms with van der Waals surface area (Å²) in [5.41, 5.74) is 0.723. The molecule has 3 aliphatic heterocycles. The quantitative estimate of drug-likeness (QED) is 0.232. The number of hydrogen-bond donors (Lipinski definition) is 0. The van der Waals surface area contributed by atoms with Gasteiger partial charge in [0.2, 0.25) is 0 Å². The zero-order chi connectivity index (χ0) is 14.7. The summed E-state index contributed by atoms with van der Waals surface area (Å²) >= 11 is 0.246.